The molecule has 1 heterocycles. The number of aliphatic hydroxyl groups excluding tert-OH is 1. The number of nitrogens with one attached hydrogen (secondary N) is 1. The molecule has 2 fully saturated rings. The second-order valence-electron chi connectivity index (χ2n) is 5.80. The fourth-order valence-corrected chi connectivity index (χ4v) is 2.72. The smallest absolute Gasteiger partial charge is 0.254 e. The van der Waals surface area contributed by atoms with Crippen LogP contribution in [0.25, 0.3) is 0 Å². The second kappa shape index (κ2) is 5.85. The molecule has 1 aliphatic carbocycles. The maximum Gasteiger partial charge on any atom is 0.254 e. The molecular formula is C16H20N2O3. The molecule has 5 heteroatoms. The van der Waals surface area contributed by atoms with Crippen LogP contribution >= 0.6 is 0 Å². The topological polar surface area (TPSA) is 69.6 Å². The normalized spacial score (nSPS) is 21.4. The fraction of sp³-hybridized carbons (Fsp3) is 0.500. The van der Waals surface area contributed by atoms with E-state index in [1.165, 1.54) is 0 Å². The summed E-state index contributed by atoms with van der Waals surface area (Å²) in [6.45, 7) is 0.696. The average molecular weight is 288 g/mol. The van der Waals surface area contributed by atoms with Gasteiger partial charge in [0.2, 0.25) is 0 Å². The van der Waals surface area contributed by atoms with Gasteiger partial charge in [-0.25, -0.2) is 0 Å². The van der Waals surface area contributed by atoms with Crippen molar-refractivity contribution in [2.24, 2.45) is 0 Å². The van der Waals surface area contributed by atoms with Crippen molar-refractivity contribution in [2.45, 2.75) is 37.8 Å². The first kappa shape index (κ1) is 14.1. The van der Waals surface area contributed by atoms with Gasteiger partial charge in [-0.3, -0.25) is 9.59 Å². The Labute approximate surface area is 123 Å². The first-order valence-corrected chi connectivity index (χ1v) is 7.52. The molecule has 2 amide bonds. The van der Waals surface area contributed by atoms with Crippen LogP contribution in [-0.2, 0) is 0 Å². The Morgan fingerprint density at radius 3 is 2.43 bits per heavy atom. The average Bonchev–Trinajstić information content (AvgIpc) is 3.19. The predicted octanol–water partition coefficient (Wildman–Crippen LogP) is 1.18. The summed E-state index contributed by atoms with van der Waals surface area (Å²) in [5, 5.41) is 12.2. The van der Waals surface area contributed by atoms with Gasteiger partial charge in [-0.2, -0.15) is 0 Å². The lowest BCUT2D eigenvalue weighted by Crippen LogP contribution is -2.37. The molecule has 1 saturated heterocycles. The maximum absolute atomic E-state index is 12.4. The number of hydrogen-bond acceptors (Lipinski definition) is 3. The lowest BCUT2D eigenvalue weighted by Gasteiger charge is -2.23. The Morgan fingerprint density at radius 2 is 1.81 bits per heavy atom. The molecular weight excluding hydrogens is 268 g/mol. The summed E-state index contributed by atoms with van der Waals surface area (Å²) < 4.78 is 0. The van der Waals surface area contributed by atoms with Gasteiger partial charge in [-0.15, -0.1) is 0 Å². The molecule has 5 nitrogen and oxygen atoms in total. The van der Waals surface area contributed by atoms with Gasteiger partial charge in [0.25, 0.3) is 11.8 Å². The van der Waals surface area contributed by atoms with E-state index in [4.69, 9.17) is 0 Å². The van der Waals surface area contributed by atoms with E-state index in [9.17, 15) is 14.7 Å². The van der Waals surface area contributed by atoms with Crippen LogP contribution in [0.15, 0.2) is 24.3 Å². The van der Waals surface area contributed by atoms with E-state index >= 15 is 0 Å². The standard InChI is InChI=1S/C16H20N2O3/c19-10-14-2-1-9-18(14)16(21)12-5-3-11(4-6-12)15(20)17-13-7-8-13/h3-6,13-14,19H,1-2,7-10H2,(H,17,20)/t14-/m1/s1. The molecule has 1 atom stereocenters. The van der Waals surface area contributed by atoms with Gasteiger partial charge in [0, 0.05) is 23.7 Å². The van der Waals surface area contributed by atoms with Crippen molar-refractivity contribution in [3.8, 4) is 0 Å². The molecule has 2 aliphatic rings. The number of benzene rings is 1. The third kappa shape index (κ3) is 3.08. The summed E-state index contributed by atoms with van der Waals surface area (Å²) in [7, 11) is 0. The van der Waals surface area contributed by atoms with Crippen molar-refractivity contribution in [1.82, 2.24) is 10.2 Å². The Bertz CT molecular complexity index is 537. The summed E-state index contributed by atoms with van der Waals surface area (Å²) in [5.74, 6) is -0.147. The SMILES string of the molecule is O=C(NC1CC1)c1ccc(C(=O)N2CCC[C@@H]2CO)cc1. The number of hydrogen-bond donors (Lipinski definition) is 2. The first-order chi connectivity index (χ1) is 10.2. The number of carbonyl (C=O) groups excluding carboxylic acids is 2. The molecule has 112 valence electrons. The molecule has 21 heavy (non-hydrogen) atoms. The van der Waals surface area contributed by atoms with Gasteiger partial charge < -0.3 is 15.3 Å². The van der Waals surface area contributed by atoms with Crippen molar-refractivity contribution >= 4 is 11.8 Å². The second-order valence-corrected chi connectivity index (χ2v) is 5.80. The monoisotopic (exact) mass is 288 g/mol. The lowest BCUT2D eigenvalue weighted by atomic mass is 10.1. The van der Waals surface area contributed by atoms with Crippen LogP contribution in [0.1, 0.15) is 46.4 Å². The molecule has 1 aliphatic heterocycles. The molecule has 1 aromatic rings. The third-order valence-corrected chi connectivity index (χ3v) is 4.16. The Kier molecular flexibility index (Phi) is 3.92. The highest BCUT2D eigenvalue weighted by molar-refractivity contribution is 5.98. The van der Waals surface area contributed by atoms with Crippen LogP contribution in [0.2, 0.25) is 0 Å². The summed E-state index contributed by atoms with van der Waals surface area (Å²) in [4.78, 5) is 26.0. The highest BCUT2D eigenvalue weighted by atomic mass is 16.3. The van der Waals surface area contributed by atoms with Crippen molar-refractivity contribution < 1.29 is 14.7 Å². The Balaban J connectivity index is 1.68. The van der Waals surface area contributed by atoms with Crippen LogP contribution in [-0.4, -0.2) is 47.1 Å². The van der Waals surface area contributed by atoms with Crippen molar-refractivity contribution in [3.05, 3.63) is 35.4 Å². The quantitative estimate of drug-likeness (QED) is 0.874. The van der Waals surface area contributed by atoms with E-state index < -0.39 is 0 Å². The molecule has 0 unspecified atom stereocenters. The Hall–Kier alpha value is -1.88. The van der Waals surface area contributed by atoms with Crippen molar-refractivity contribution in [1.29, 1.82) is 0 Å². The molecule has 0 aromatic heterocycles. The number of amides is 2. The zero-order chi connectivity index (χ0) is 14.8. The highest BCUT2D eigenvalue weighted by Gasteiger charge is 2.29. The molecule has 2 N–H and O–H groups in total. The molecule has 0 radical (unpaired) electrons. The summed E-state index contributed by atoms with van der Waals surface area (Å²) in [5.41, 5.74) is 1.15. The first-order valence-electron chi connectivity index (χ1n) is 7.52. The van der Waals surface area contributed by atoms with Crippen LogP contribution < -0.4 is 5.32 Å². The number of carbonyl (C=O) groups is 2. The highest BCUT2D eigenvalue weighted by Crippen LogP contribution is 2.21. The van der Waals surface area contributed by atoms with Gasteiger partial charge in [-0.05, 0) is 49.9 Å². The maximum atomic E-state index is 12.4. The Morgan fingerprint density at radius 1 is 1.14 bits per heavy atom. The predicted molar refractivity (Wildman–Crippen MR) is 78.1 cm³/mol. The summed E-state index contributed by atoms with van der Waals surface area (Å²) in [6, 6.07) is 7.02. The molecule has 0 bridgehead atoms. The van der Waals surface area contributed by atoms with Gasteiger partial charge in [0.1, 0.15) is 0 Å². The zero-order valence-corrected chi connectivity index (χ0v) is 11.9. The largest absolute Gasteiger partial charge is 0.394 e. The molecule has 0 spiro atoms. The summed E-state index contributed by atoms with van der Waals surface area (Å²) >= 11 is 0. The minimum Gasteiger partial charge on any atom is -0.394 e. The van der Waals surface area contributed by atoms with Gasteiger partial charge >= 0.3 is 0 Å². The number of nitrogens with zero attached hydrogens (tertiary/aromatic N) is 1. The fourth-order valence-electron chi connectivity index (χ4n) is 2.72. The molecule has 1 saturated carbocycles. The van der Waals surface area contributed by atoms with E-state index in [2.05, 4.69) is 5.32 Å². The number of likely N-dealkylation sites (tertiary alicyclic amines) is 1. The van der Waals surface area contributed by atoms with E-state index in [1.807, 2.05) is 0 Å². The number of rotatable bonds is 4. The van der Waals surface area contributed by atoms with Crippen LogP contribution in [0, 0.1) is 0 Å². The van der Waals surface area contributed by atoms with Crippen molar-refractivity contribution in [2.75, 3.05) is 13.2 Å². The third-order valence-electron chi connectivity index (χ3n) is 4.16. The van der Waals surface area contributed by atoms with E-state index in [1.54, 1.807) is 29.2 Å². The molecule has 3 rings (SSSR count). The number of aliphatic hydroxyl groups is 1. The van der Waals surface area contributed by atoms with Crippen molar-refractivity contribution in [3.63, 3.8) is 0 Å². The van der Waals surface area contributed by atoms with Crippen LogP contribution in [0.4, 0.5) is 0 Å². The minimum absolute atomic E-state index is 0.00756. The molecule has 1 aromatic carbocycles. The van der Waals surface area contributed by atoms with E-state index in [0.29, 0.717) is 23.7 Å². The van der Waals surface area contributed by atoms with Gasteiger partial charge in [0.15, 0.2) is 0 Å². The summed E-state index contributed by atoms with van der Waals surface area (Å²) in [6.07, 6.45) is 3.89. The van der Waals surface area contributed by atoms with Gasteiger partial charge in [0.05, 0.1) is 12.6 Å². The lowest BCUT2D eigenvalue weighted by molar-refractivity contribution is 0.0677. The zero-order valence-electron chi connectivity index (χ0n) is 11.9. The van der Waals surface area contributed by atoms with Crippen LogP contribution in [0.5, 0.6) is 0 Å². The van der Waals surface area contributed by atoms with E-state index in [-0.39, 0.29) is 24.5 Å². The minimum atomic E-state index is -0.0779. The van der Waals surface area contributed by atoms with Gasteiger partial charge in [-0.1, -0.05) is 0 Å². The van der Waals surface area contributed by atoms with Crippen LogP contribution in [0.3, 0.4) is 0 Å². The van der Waals surface area contributed by atoms with E-state index in [0.717, 1.165) is 25.7 Å².